The molecule has 10 heteroatoms. The van der Waals surface area contributed by atoms with Gasteiger partial charge in [0.05, 0.1) is 19.1 Å². The van der Waals surface area contributed by atoms with Crippen molar-refractivity contribution in [2.75, 3.05) is 7.11 Å². The number of hydrogen-bond acceptors (Lipinski definition) is 6. The fourth-order valence-electron chi connectivity index (χ4n) is 3.83. The number of hydrogen-bond donors (Lipinski definition) is 2. The highest BCUT2D eigenvalue weighted by atomic mass is 19.4. The van der Waals surface area contributed by atoms with Crippen LogP contribution in [0.1, 0.15) is 67.2 Å². The summed E-state index contributed by atoms with van der Waals surface area (Å²) >= 11 is 0. The number of esters is 1. The number of Topliss-reactive ketones (excluding diaryl/α,β-unsaturated/α-hetero) is 1. The van der Waals surface area contributed by atoms with Crippen LogP contribution in [-0.4, -0.2) is 48.3 Å². The molecule has 0 saturated heterocycles. The number of methoxy groups -OCH3 is 1. The van der Waals surface area contributed by atoms with E-state index in [-0.39, 0.29) is 19.3 Å². The maximum atomic E-state index is 13.5. The molecule has 1 aliphatic rings. The zero-order valence-corrected chi connectivity index (χ0v) is 19.3. The summed E-state index contributed by atoms with van der Waals surface area (Å²) in [5.41, 5.74) is 2.99. The summed E-state index contributed by atoms with van der Waals surface area (Å²) in [5, 5.41) is 2.48. The molecule has 0 heterocycles. The van der Waals surface area contributed by atoms with Gasteiger partial charge in [0.1, 0.15) is 11.1 Å². The van der Waals surface area contributed by atoms with Gasteiger partial charge in [-0.05, 0) is 51.9 Å². The van der Waals surface area contributed by atoms with E-state index in [0.717, 1.165) is 7.11 Å². The summed E-state index contributed by atoms with van der Waals surface area (Å²) in [6.07, 6.45) is -6.68. The number of carbonyl (C=O) groups excluding carboxylic acids is 3. The molecule has 0 aromatic rings. The van der Waals surface area contributed by atoms with Crippen LogP contribution in [0.5, 0.6) is 0 Å². The Bertz CT molecular complexity index is 682. The minimum Gasteiger partial charge on any atom is -0.468 e. The van der Waals surface area contributed by atoms with Gasteiger partial charge in [-0.1, -0.05) is 20.8 Å². The predicted octanol–water partition coefficient (Wildman–Crippen LogP) is 3.73. The number of halogens is 3. The van der Waals surface area contributed by atoms with Crippen LogP contribution < -0.4 is 11.1 Å². The van der Waals surface area contributed by atoms with Gasteiger partial charge in [-0.15, -0.1) is 0 Å². The van der Waals surface area contributed by atoms with E-state index in [4.69, 9.17) is 15.2 Å². The number of carbonyl (C=O) groups is 3. The second-order valence-electron chi connectivity index (χ2n) is 10.5. The molecule has 0 aliphatic heterocycles. The standard InChI is InChI=1S/C21H35F3N2O5/c1-18(2,3)11-14(26-17(29)31-19(4,5)6)15(27)13-10-12(21(22,23)24)8-9-20(13,25)16(28)30-7/h12-14H,8-11,25H2,1-7H3,(H,26,29)/t12?,13?,14-,20?/m1/s1. The van der Waals surface area contributed by atoms with E-state index in [1.54, 1.807) is 20.8 Å². The molecule has 0 aromatic carbocycles. The Hall–Kier alpha value is -1.84. The number of amides is 1. The zero-order chi connectivity index (χ0) is 24.4. The average Bonchev–Trinajstić information content (AvgIpc) is 2.56. The van der Waals surface area contributed by atoms with E-state index in [9.17, 15) is 27.6 Å². The molecule has 1 amide bonds. The second kappa shape index (κ2) is 9.34. The van der Waals surface area contributed by atoms with Crippen molar-refractivity contribution in [1.82, 2.24) is 5.32 Å². The minimum absolute atomic E-state index is 0.121. The molecule has 1 aliphatic carbocycles. The van der Waals surface area contributed by atoms with E-state index in [1.165, 1.54) is 0 Å². The lowest BCUT2D eigenvalue weighted by Crippen LogP contribution is -2.63. The third-order valence-electron chi connectivity index (χ3n) is 5.27. The van der Waals surface area contributed by atoms with Crippen LogP contribution in [0.25, 0.3) is 0 Å². The fraction of sp³-hybridized carbons (Fsp3) is 0.857. The van der Waals surface area contributed by atoms with Crippen molar-refractivity contribution in [3.05, 3.63) is 0 Å². The Labute approximate surface area is 181 Å². The van der Waals surface area contributed by atoms with Crippen molar-refractivity contribution in [1.29, 1.82) is 0 Å². The maximum absolute atomic E-state index is 13.5. The van der Waals surface area contributed by atoms with Crippen molar-refractivity contribution in [2.24, 2.45) is 23.0 Å². The topological polar surface area (TPSA) is 108 Å². The van der Waals surface area contributed by atoms with Gasteiger partial charge in [-0.2, -0.15) is 13.2 Å². The van der Waals surface area contributed by atoms with Crippen molar-refractivity contribution < 1.29 is 37.0 Å². The molecule has 3 unspecified atom stereocenters. The number of nitrogens with one attached hydrogen (secondary N) is 1. The van der Waals surface area contributed by atoms with E-state index >= 15 is 0 Å². The van der Waals surface area contributed by atoms with E-state index < -0.39 is 64.9 Å². The van der Waals surface area contributed by atoms with Crippen LogP contribution in [0.15, 0.2) is 0 Å². The number of ketones is 1. The van der Waals surface area contributed by atoms with Gasteiger partial charge in [0, 0.05) is 5.92 Å². The normalized spacial score (nSPS) is 26.0. The first-order chi connectivity index (χ1) is 13.8. The fourth-order valence-corrected chi connectivity index (χ4v) is 3.83. The molecule has 4 atom stereocenters. The van der Waals surface area contributed by atoms with E-state index in [0.29, 0.717) is 0 Å². The number of nitrogens with two attached hydrogens (primary N) is 1. The third-order valence-corrected chi connectivity index (χ3v) is 5.27. The van der Waals surface area contributed by atoms with Crippen LogP contribution in [0, 0.1) is 17.3 Å². The van der Waals surface area contributed by atoms with Gasteiger partial charge < -0.3 is 20.5 Å². The Morgan fingerprint density at radius 3 is 2.10 bits per heavy atom. The first-order valence-electron chi connectivity index (χ1n) is 10.3. The van der Waals surface area contributed by atoms with Gasteiger partial charge >= 0.3 is 18.2 Å². The zero-order valence-electron chi connectivity index (χ0n) is 19.3. The monoisotopic (exact) mass is 452 g/mol. The maximum Gasteiger partial charge on any atom is 0.408 e. The van der Waals surface area contributed by atoms with Gasteiger partial charge in [-0.25, -0.2) is 4.79 Å². The Balaban J connectivity index is 3.31. The molecular formula is C21H35F3N2O5. The molecule has 0 aromatic heterocycles. The first kappa shape index (κ1) is 27.2. The molecule has 180 valence electrons. The lowest BCUT2D eigenvalue weighted by atomic mass is 9.65. The van der Waals surface area contributed by atoms with Crippen LogP contribution in [0.4, 0.5) is 18.0 Å². The summed E-state index contributed by atoms with van der Waals surface area (Å²) < 4.78 is 50.2. The van der Waals surface area contributed by atoms with E-state index in [2.05, 4.69) is 5.32 Å². The summed E-state index contributed by atoms with van der Waals surface area (Å²) in [6.45, 7) is 10.4. The largest absolute Gasteiger partial charge is 0.468 e. The highest BCUT2D eigenvalue weighted by molar-refractivity contribution is 5.96. The molecule has 31 heavy (non-hydrogen) atoms. The van der Waals surface area contributed by atoms with Gasteiger partial charge in [-0.3, -0.25) is 9.59 Å². The number of alkyl carbamates (subject to hydrolysis) is 1. The van der Waals surface area contributed by atoms with E-state index in [1.807, 2.05) is 20.8 Å². The highest BCUT2D eigenvalue weighted by Crippen LogP contribution is 2.45. The SMILES string of the molecule is COC(=O)C1(N)CCC(C(F)(F)F)CC1C(=O)[C@@H](CC(C)(C)C)NC(=O)OC(C)(C)C. The molecule has 1 saturated carbocycles. The van der Waals surface area contributed by atoms with Crippen molar-refractivity contribution in [3.63, 3.8) is 0 Å². The number of alkyl halides is 3. The lowest BCUT2D eigenvalue weighted by molar-refractivity contribution is -0.194. The Kier molecular flexibility index (Phi) is 8.19. The molecule has 3 N–H and O–H groups in total. The summed E-state index contributed by atoms with van der Waals surface area (Å²) in [4.78, 5) is 38.2. The molecule has 1 rings (SSSR count). The lowest BCUT2D eigenvalue weighted by Gasteiger charge is -2.43. The second-order valence-corrected chi connectivity index (χ2v) is 10.5. The Morgan fingerprint density at radius 1 is 1.13 bits per heavy atom. The van der Waals surface area contributed by atoms with Crippen LogP contribution in [0.2, 0.25) is 0 Å². The average molecular weight is 453 g/mol. The van der Waals surface area contributed by atoms with Gasteiger partial charge in [0.15, 0.2) is 5.78 Å². The molecule has 0 spiro atoms. The smallest absolute Gasteiger partial charge is 0.408 e. The number of rotatable bonds is 5. The summed E-state index contributed by atoms with van der Waals surface area (Å²) in [6, 6.07) is -1.18. The minimum atomic E-state index is -4.53. The predicted molar refractivity (Wildman–Crippen MR) is 108 cm³/mol. The molecule has 0 radical (unpaired) electrons. The van der Waals surface area contributed by atoms with Crippen molar-refractivity contribution >= 4 is 17.8 Å². The third kappa shape index (κ3) is 7.66. The molecule has 0 bridgehead atoms. The van der Waals surface area contributed by atoms with Crippen molar-refractivity contribution in [2.45, 2.75) is 90.6 Å². The summed E-state index contributed by atoms with van der Waals surface area (Å²) in [7, 11) is 1.07. The number of ether oxygens (including phenoxy) is 2. The van der Waals surface area contributed by atoms with Crippen molar-refractivity contribution in [3.8, 4) is 0 Å². The van der Waals surface area contributed by atoms with Gasteiger partial charge in [0.25, 0.3) is 0 Å². The van der Waals surface area contributed by atoms with Crippen LogP contribution >= 0.6 is 0 Å². The molecule has 7 nitrogen and oxygen atoms in total. The quantitative estimate of drug-likeness (QED) is 0.616. The Morgan fingerprint density at radius 2 is 1.68 bits per heavy atom. The highest BCUT2D eigenvalue weighted by Gasteiger charge is 2.56. The first-order valence-corrected chi connectivity index (χ1v) is 10.3. The summed E-state index contributed by atoms with van der Waals surface area (Å²) in [5.74, 6) is -4.93. The van der Waals surface area contributed by atoms with Gasteiger partial charge in [0.2, 0.25) is 0 Å². The van der Waals surface area contributed by atoms with Crippen LogP contribution in [0.3, 0.4) is 0 Å². The van der Waals surface area contributed by atoms with Crippen LogP contribution in [-0.2, 0) is 19.1 Å². The molecular weight excluding hydrogens is 417 g/mol. The molecule has 1 fully saturated rings.